The van der Waals surface area contributed by atoms with E-state index < -0.39 is 35.1 Å². The van der Waals surface area contributed by atoms with Gasteiger partial charge in [0.1, 0.15) is 17.4 Å². The van der Waals surface area contributed by atoms with Gasteiger partial charge in [0.25, 0.3) is 0 Å². The number of hydrogen-bond acceptors (Lipinski definition) is 6. The molecule has 9 heteroatoms. The number of nitrogens with one attached hydrogen (secondary N) is 2. The molecule has 0 aliphatic carbocycles. The molecule has 1 spiro atoms. The summed E-state index contributed by atoms with van der Waals surface area (Å²) in [5, 5.41) is 16.4. The molecule has 0 aromatic heterocycles. The normalized spacial score (nSPS) is 29.0. The van der Waals surface area contributed by atoms with E-state index in [0.717, 1.165) is 5.56 Å². The van der Waals surface area contributed by atoms with Crippen molar-refractivity contribution >= 4 is 23.4 Å². The first kappa shape index (κ1) is 29.1. The Morgan fingerprint density at radius 3 is 2.44 bits per heavy atom. The Hall–Kier alpha value is -3.43. The number of carbonyl (C=O) groups excluding carboxylic acids is 3. The summed E-state index contributed by atoms with van der Waals surface area (Å²) in [5.41, 5.74) is -0.529. The summed E-state index contributed by atoms with van der Waals surface area (Å²) >= 11 is 0. The predicted molar refractivity (Wildman–Crippen MR) is 154 cm³/mol. The van der Waals surface area contributed by atoms with E-state index in [1.807, 2.05) is 58.0 Å². The maximum absolute atomic E-state index is 14.3. The van der Waals surface area contributed by atoms with Crippen LogP contribution in [0.2, 0.25) is 0 Å². The number of hydrogen-bond donors (Lipinski definition) is 3. The minimum absolute atomic E-state index is 0.180. The van der Waals surface area contributed by atoms with Crippen molar-refractivity contribution in [3.63, 3.8) is 0 Å². The zero-order valence-corrected chi connectivity index (χ0v) is 24.3. The molecule has 3 N–H and O–H groups in total. The molecule has 3 aliphatic heterocycles. The van der Waals surface area contributed by atoms with Gasteiger partial charge >= 0.3 is 0 Å². The third-order valence-electron chi connectivity index (χ3n) is 8.84. The average Bonchev–Trinajstić information content (AvgIpc) is 3.52. The fourth-order valence-corrected chi connectivity index (χ4v) is 7.18. The molecular weight excluding hydrogens is 522 g/mol. The Balaban J connectivity index is 1.47. The highest BCUT2D eigenvalue weighted by Crippen LogP contribution is 2.63. The fraction of sp³-hybridized carbons (Fsp3) is 0.531. The SMILES string of the molecule is CCOc1ccc(NC(=O)[C@H]2[C@H]3C(=O)N([C@@H](CO)CC(C)C)C(C(=O)NCc4ccccc4)C34CC[C@]2(C)O4)cc1. The molecule has 2 bridgehead atoms. The first-order valence-corrected chi connectivity index (χ1v) is 14.6. The first-order valence-electron chi connectivity index (χ1n) is 14.6. The number of aliphatic hydroxyl groups excluding tert-OH is 1. The molecular formula is C32H41N3O6. The Morgan fingerprint density at radius 2 is 1.80 bits per heavy atom. The van der Waals surface area contributed by atoms with Crippen molar-refractivity contribution in [3.8, 4) is 5.75 Å². The molecule has 3 fully saturated rings. The summed E-state index contributed by atoms with van der Waals surface area (Å²) in [7, 11) is 0. The lowest BCUT2D eigenvalue weighted by Gasteiger charge is -2.37. The molecule has 5 rings (SSSR count). The molecule has 2 aromatic rings. The third kappa shape index (κ3) is 5.21. The lowest BCUT2D eigenvalue weighted by Crippen LogP contribution is -2.58. The number of fused-ring (bicyclic) bond motifs is 1. The molecule has 6 atom stereocenters. The second-order valence-electron chi connectivity index (χ2n) is 12.1. The summed E-state index contributed by atoms with van der Waals surface area (Å²) in [6, 6.07) is 15.1. The summed E-state index contributed by atoms with van der Waals surface area (Å²) in [4.78, 5) is 43.7. The maximum Gasteiger partial charge on any atom is 0.246 e. The van der Waals surface area contributed by atoms with Gasteiger partial charge in [-0.25, -0.2) is 0 Å². The van der Waals surface area contributed by atoms with E-state index in [0.29, 0.717) is 43.9 Å². The Kier molecular flexibility index (Phi) is 8.12. The van der Waals surface area contributed by atoms with Crippen LogP contribution in [0, 0.1) is 17.8 Å². The second-order valence-corrected chi connectivity index (χ2v) is 12.1. The number of nitrogens with zero attached hydrogens (tertiary/aromatic N) is 1. The topological polar surface area (TPSA) is 117 Å². The Labute approximate surface area is 241 Å². The van der Waals surface area contributed by atoms with Crippen molar-refractivity contribution in [2.24, 2.45) is 17.8 Å². The van der Waals surface area contributed by atoms with Gasteiger partial charge in [0, 0.05) is 12.2 Å². The van der Waals surface area contributed by atoms with Crippen molar-refractivity contribution in [2.75, 3.05) is 18.5 Å². The number of likely N-dealkylation sites (tertiary alicyclic amines) is 1. The van der Waals surface area contributed by atoms with E-state index in [9.17, 15) is 19.5 Å². The number of ether oxygens (including phenoxy) is 2. The van der Waals surface area contributed by atoms with Crippen LogP contribution in [0.4, 0.5) is 5.69 Å². The van der Waals surface area contributed by atoms with Gasteiger partial charge in [0.15, 0.2) is 0 Å². The zero-order chi connectivity index (χ0) is 29.4. The predicted octanol–water partition coefficient (Wildman–Crippen LogP) is 3.51. The number of benzene rings is 2. The fourth-order valence-electron chi connectivity index (χ4n) is 7.18. The van der Waals surface area contributed by atoms with E-state index in [4.69, 9.17) is 9.47 Å². The van der Waals surface area contributed by atoms with Crippen molar-refractivity contribution < 1.29 is 29.0 Å². The molecule has 3 aliphatic rings. The number of aliphatic hydroxyl groups is 1. The van der Waals surface area contributed by atoms with Crippen LogP contribution in [-0.4, -0.2) is 64.2 Å². The van der Waals surface area contributed by atoms with Crippen molar-refractivity contribution in [2.45, 2.75) is 76.8 Å². The van der Waals surface area contributed by atoms with E-state index in [-0.39, 0.29) is 30.2 Å². The number of anilines is 1. The Morgan fingerprint density at radius 1 is 1.10 bits per heavy atom. The van der Waals surface area contributed by atoms with Gasteiger partial charge in [0.2, 0.25) is 17.7 Å². The molecule has 3 heterocycles. The summed E-state index contributed by atoms with van der Waals surface area (Å²) in [6.07, 6.45) is 1.54. The summed E-state index contributed by atoms with van der Waals surface area (Å²) in [6.45, 7) is 8.36. The van der Waals surface area contributed by atoms with Gasteiger partial charge in [0.05, 0.1) is 36.7 Å². The van der Waals surface area contributed by atoms with Gasteiger partial charge < -0.3 is 30.1 Å². The molecule has 9 nitrogen and oxygen atoms in total. The van der Waals surface area contributed by atoms with Crippen LogP contribution >= 0.6 is 0 Å². The van der Waals surface area contributed by atoms with E-state index in [1.54, 1.807) is 24.3 Å². The van der Waals surface area contributed by atoms with E-state index in [1.165, 1.54) is 4.90 Å². The van der Waals surface area contributed by atoms with Gasteiger partial charge in [-0.3, -0.25) is 14.4 Å². The van der Waals surface area contributed by atoms with E-state index in [2.05, 4.69) is 10.6 Å². The zero-order valence-electron chi connectivity index (χ0n) is 24.3. The number of rotatable bonds is 11. The third-order valence-corrected chi connectivity index (χ3v) is 8.84. The van der Waals surface area contributed by atoms with Crippen LogP contribution in [0.15, 0.2) is 54.6 Å². The minimum atomic E-state index is -1.15. The maximum atomic E-state index is 14.3. The molecule has 2 aromatic carbocycles. The second kappa shape index (κ2) is 11.4. The minimum Gasteiger partial charge on any atom is -0.494 e. The Bertz CT molecular complexity index is 1270. The van der Waals surface area contributed by atoms with Gasteiger partial charge in [-0.15, -0.1) is 0 Å². The lowest BCUT2D eigenvalue weighted by atomic mass is 9.66. The smallest absolute Gasteiger partial charge is 0.246 e. The number of carbonyl (C=O) groups is 3. The largest absolute Gasteiger partial charge is 0.494 e. The highest BCUT2D eigenvalue weighted by molar-refractivity contribution is 6.02. The van der Waals surface area contributed by atoms with Crippen molar-refractivity contribution in [1.29, 1.82) is 0 Å². The molecule has 3 saturated heterocycles. The highest BCUT2D eigenvalue weighted by atomic mass is 16.5. The van der Waals surface area contributed by atoms with Crippen LogP contribution in [-0.2, 0) is 25.7 Å². The quantitative estimate of drug-likeness (QED) is 0.385. The molecule has 0 saturated carbocycles. The van der Waals surface area contributed by atoms with Crippen LogP contribution in [0.3, 0.4) is 0 Å². The van der Waals surface area contributed by atoms with E-state index >= 15 is 0 Å². The summed E-state index contributed by atoms with van der Waals surface area (Å²) in [5.74, 6) is -1.69. The van der Waals surface area contributed by atoms with Crippen LogP contribution in [0.25, 0.3) is 0 Å². The lowest BCUT2D eigenvalue weighted by molar-refractivity contribution is -0.149. The molecule has 220 valence electrons. The monoisotopic (exact) mass is 563 g/mol. The molecule has 2 unspecified atom stereocenters. The molecule has 0 radical (unpaired) electrons. The average molecular weight is 564 g/mol. The van der Waals surface area contributed by atoms with Gasteiger partial charge in [-0.2, -0.15) is 0 Å². The molecule has 3 amide bonds. The van der Waals surface area contributed by atoms with Crippen molar-refractivity contribution in [3.05, 3.63) is 60.2 Å². The van der Waals surface area contributed by atoms with Crippen LogP contribution in [0.1, 0.15) is 52.5 Å². The van der Waals surface area contributed by atoms with Gasteiger partial charge in [-0.1, -0.05) is 44.2 Å². The standard InChI is InChI=1S/C32H41N3O6/c1-5-40-24-13-11-22(12-14-24)34-28(37)25-26-30(39)35(23(19-36)17-20(2)3)27(32(26)16-15-31(25,4)41-32)29(38)33-18-21-9-7-6-8-10-21/h6-14,20,23,25-27,36H,5,15-19H2,1-4H3,(H,33,38)(H,34,37)/t23-,25-,26+,27?,31+,32?/m1/s1. The van der Waals surface area contributed by atoms with Crippen LogP contribution in [0.5, 0.6) is 5.75 Å². The summed E-state index contributed by atoms with van der Waals surface area (Å²) < 4.78 is 12.2. The number of amides is 3. The first-order chi connectivity index (χ1) is 19.6. The molecule has 41 heavy (non-hydrogen) atoms. The van der Waals surface area contributed by atoms with Gasteiger partial charge in [-0.05, 0) is 68.9 Å². The van der Waals surface area contributed by atoms with Crippen molar-refractivity contribution in [1.82, 2.24) is 10.2 Å². The highest BCUT2D eigenvalue weighted by Gasteiger charge is 2.78. The van der Waals surface area contributed by atoms with Crippen LogP contribution < -0.4 is 15.4 Å².